The van der Waals surface area contributed by atoms with Gasteiger partial charge >= 0.3 is 0 Å². The first kappa shape index (κ1) is 20.6. The Hall–Kier alpha value is -3.16. The monoisotopic (exact) mass is 412 g/mol. The molecule has 1 aromatic heterocycles. The van der Waals surface area contributed by atoms with Crippen molar-refractivity contribution >= 4 is 41.3 Å². The Balaban J connectivity index is 1.57. The molecule has 2 aromatic rings. The second kappa shape index (κ2) is 9.86. The number of nitrogens with zero attached hydrogens (tertiary/aromatic N) is 3. The Morgan fingerprint density at radius 1 is 0.966 bits per heavy atom. The van der Waals surface area contributed by atoms with E-state index in [9.17, 15) is 9.59 Å². The van der Waals surface area contributed by atoms with E-state index >= 15 is 0 Å². The van der Waals surface area contributed by atoms with Gasteiger partial charge in [-0.05, 0) is 36.4 Å². The van der Waals surface area contributed by atoms with E-state index in [0.29, 0.717) is 29.5 Å². The third-order valence-corrected chi connectivity index (χ3v) is 4.81. The minimum atomic E-state index is -0.640. The highest BCUT2D eigenvalue weighted by Gasteiger charge is 2.20. The topological polar surface area (TPSA) is 85.8 Å². The first-order chi connectivity index (χ1) is 14.1. The van der Waals surface area contributed by atoms with Crippen LogP contribution in [0.5, 0.6) is 0 Å². The quantitative estimate of drug-likeness (QED) is 0.448. The second-order valence-corrected chi connectivity index (χ2v) is 6.80. The van der Waals surface area contributed by atoms with Crippen molar-refractivity contribution in [2.24, 2.45) is 0 Å². The number of para-hydroxylation sites is 1. The van der Waals surface area contributed by atoms with Crippen LogP contribution in [-0.2, 0) is 9.59 Å². The minimum absolute atomic E-state index is 0.0776. The lowest BCUT2D eigenvalue weighted by Gasteiger charge is -2.36. The molecule has 0 atom stereocenters. The molecule has 1 aliphatic heterocycles. The van der Waals surface area contributed by atoms with Crippen LogP contribution >= 0.6 is 11.6 Å². The van der Waals surface area contributed by atoms with Crippen molar-refractivity contribution in [2.45, 2.75) is 0 Å². The summed E-state index contributed by atoms with van der Waals surface area (Å²) < 4.78 is 0. The largest absolute Gasteiger partial charge is 0.367 e. The summed E-state index contributed by atoms with van der Waals surface area (Å²) in [5, 5.41) is 9.21. The molecule has 2 amide bonds. The van der Waals surface area contributed by atoms with Crippen molar-refractivity contribution in [1.82, 2.24) is 15.4 Å². The lowest BCUT2D eigenvalue weighted by atomic mass is 10.2. The lowest BCUT2D eigenvalue weighted by molar-refractivity contribution is -0.126. The SMILES string of the molecule is O=C(C=Cc1cccc(C=CC(=O)N2CCN(c3ccccc3Cl)CC2)n1)NO. The molecule has 150 valence electrons. The van der Waals surface area contributed by atoms with Crippen LogP contribution in [0, 0.1) is 0 Å². The molecule has 1 fully saturated rings. The van der Waals surface area contributed by atoms with Crippen LogP contribution in [0.4, 0.5) is 5.69 Å². The molecular formula is C21H21ClN4O3. The van der Waals surface area contributed by atoms with Crippen molar-refractivity contribution in [1.29, 1.82) is 0 Å². The molecule has 0 aliphatic carbocycles. The number of amides is 2. The van der Waals surface area contributed by atoms with Crippen molar-refractivity contribution in [3.63, 3.8) is 0 Å². The van der Waals surface area contributed by atoms with Crippen LogP contribution in [0.25, 0.3) is 12.2 Å². The first-order valence-corrected chi connectivity index (χ1v) is 9.50. The number of halogens is 1. The van der Waals surface area contributed by atoms with E-state index in [2.05, 4.69) is 9.88 Å². The Bertz CT molecular complexity index is 937. The predicted molar refractivity (Wildman–Crippen MR) is 112 cm³/mol. The summed E-state index contributed by atoms with van der Waals surface area (Å²) in [6.45, 7) is 2.66. The Morgan fingerprint density at radius 3 is 2.28 bits per heavy atom. The molecule has 0 saturated carbocycles. The fourth-order valence-corrected chi connectivity index (χ4v) is 3.25. The molecule has 1 aromatic carbocycles. The molecule has 1 aliphatic rings. The molecule has 29 heavy (non-hydrogen) atoms. The number of hydroxylamine groups is 1. The van der Waals surface area contributed by atoms with Crippen LogP contribution in [0.1, 0.15) is 11.4 Å². The zero-order chi connectivity index (χ0) is 20.6. The summed E-state index contributed by atoms with van der Waals surface area (Å²) in [4.78, 5) is 31.8. The van der Waals surface area contributed by atoms with Gasteiger partial charge in [-0.1, -0.05) is 29.8 Å². The van der Waals surface area contributed by atoms with Gasteiger partial charge in [0.25, 0.3) is 5.91 Å². The smallest absolute Gasteiger partial charge is 0.267 e. The van der Waals surface area contributed by atoms with Crippen molar-refractivity contribution < 1.29 is 14.8 Å². The van der Waals surface area contributed by atoms with Crippen LogP contribution in [0.2, 0.25) is 5.02 Å². The Labute approximate surface area is 173 Å². The normalized spacial score (nSPS) is 14.6. The van der Waals surface area contributed by atoms with Gasteiger partial charge in [-0.2, -0.15) is 0 Å². The predicted octanol–water partition coefficient (Wildman–Crippen LogP) is 2.62. The van der Waals surface area contributed by atoms with Crippen molar-refractivity contribution in [3.8, 4) is 0 Å². The molecule has 0 spiro atoms. The minimum Gasteiger partial charge on any atom is -0.367 e. The Morgan fingerprint density at radius 2 is 1.62 bits per heavy atom. The van der Waals surface area contributed by atoms with E-state index in [1.54, 1.807) is 29.2 Å². The van der Waals surface area contributed by atoms with E-state index in [1.807, 2.05) is 24.3 Å². The summed E-state index contributed by atoms with van der Waals surface area (Å²) in [5.74, 6) is -0.718. The number of benzene rings is 1. The maximum atomic E-state index is 12.5. The average Bonchev–Trinajstić information content (AvgIpc) is 2.76. The van der Waals surface area contributed by atoms with Gasteiger partial charge in [0.1, 0.15) is 0 Å². The van der Waals surface area contributed by atoms with Crippen LogP contribution in [0.3, 0.4) is 0 Å². The average molecular weight is 413 g/mol. The van der Waals surface area contributed by atoms with Gasteiger partial charge in [-0.25, -0.2) is 10.5 Å². The zero-order valence-electron chi connectivity index (χ0n) is 15.7. The van der Waals surface area contributed by atoms with E-state index in [1.165, 1.54) is 23.7 Å². The molecule has 0 radical (unpaired) electrons. The molecule has 0 unspecified atom stereocenters. The zero-order valence-corrected chi connectivity index (χ0v) is 16.4. The number of anilines is 1. The van der Waals surface area contributed by atoms with E-state index in [-0.39, 0.29) is 5.91 Å². The molecule has 0 bridgehead atoms. The summed E-state index contributed by atoms with van der Waals surface area (Å²) in [6.07, 6.45) is 5.78. The molecule has 7 nitrogen and oxygen atoms in total. The second-order valence-electron chi connectivity index (χ2n) is 6.39. The number of piperazine rings is 1. The number of carbonyl (C=O) groups excluding carboxylic acids is 2. The van der Waals surface area contributed by atoms with Crippen LogP contribution in [0.15, 0.2) is 54.6 Å². The number of carbonyl (C=O) groups is 2. The fourth-order valence-electron chi connectivity index (χ4n) is 2.99. The number of nitrogens with one attached hydrogen (secondary N) is 1. The molecule has 1 saturated heterocycles. The van der Waals surface area contributed by atoms with Crippen LogP contribution < -0.4 is 10.4 Å². The van der Waals surface area contributed by atoms with Gasteiger partial charge in [-0.15, -0.1) is 0 Å². The maximum Gasteiger partial charge on any atom is 0.267 e. The number of pyridine rings is 1. The molecule has 8 heteroatoms. The number of hydrogen-bond donors (Lipinski definition) is 2. The lowest BCUT2D eigenvalue weighted by Crippen LogP contribution is -2.48. The summed E-state index contributed by atoms with van der Waals surface area (Å²) in [5.41, 5.74) is 3.64. The van der Waals surface area contributed by atoms with Gasteiger partial charge in [0.05, 0.1) is 22.1 Å². The van der Waals surface area contributed by atoms with Gasteiger partial charge in [0.2, 0.25) is 5.91 Å². The van der Waals surface area contributed by atoms with Gasteiger partial charge in [0, 0.05) is 38.3 Å². The standard InChI is InChI=1S/C21H21ClN4O3/c22-18-6-1-2-7-19(18)25-12-14-26(15-13-25)21(28)11-9-17-5-3-4-16(23-17)8-10-20(27)24-29/h1-11,29H,12-15H2,(H,24,27). The third kappa shape index (κ3) is 5.66. The summed E-state index contributed by atoms with van der Waals surface area (Å²) >= 11 is 6.26. The molecule has 2 heterocycles. The third-order valence-electron chi connectivity index (χ3n) is 4.49. The fraction of sp³-hybridized carbons (Fsp3) is 0.190. The summed E-state index contributed by atoms with van der Waals surface area (Å²) in [6, 6.07) is 13.0. The van der Waals surface area contributed by atoms with Gasteiger partial charge in [0.15, 0.2) is 0 Å². The van der Waals surface area contributed by atoms with Crippen LogP contribution in [-0.4, -0.2) is 53.1 Å². The van der Waals surface area contributed by atoms with E-state index in [0.717, 1.165) is 18.8 Å². The molecular weight excluding hydrogens is 392 g/mol. The highest BCUT2D eigenvalue weighted by atomic mass is 35.5. The van der Waals surface area contributed by atoms with Gasteiger partial charge in [-0.3, -0.25) is 14.8 Å². The first-order valence-electron chi connectivity index (χ1n) is 9.12. The number of hydrogen-bond acceptors (Lipinski definition) is 5. The highest BCUT2D eigenvalue weighted by Crippen LogP contribution is 2.26. The van der Waals surface area contributed by atoms with Gasteiger partial charge < -0.3 is 9.80 Å². The van der Waals surface area contributed by atoms with E-state index < -0.39 is 5.91 Å². The molecule has 2 N–H and O–H groups in total. The van der Waals surface area contributed by atoms with Crippen molar-refractivity contribution in [2.75, 3.05) is 31.1 Å². The molecule has 3 rings (SSSR count). The maximum absolute atomic E-state index is 12.5. The van der Waals surface area contributed by atoms with Crippen molar-refractivity contribution in [3.05, 3.63) is 71.0 Å². The highest BCUT2D eigenvalue weighted by molar-refractivity contribution is 6.33. The van der Waals surface area contributed by atoms with E-state index in [4.69, 9.17) is 16.8 Å². The Kier molecular flexibility index (Phi) is 6.99. The summed E-state index contributed by atoms with van der Waals surface area (Å²) in [7, 11) is 0. The number of rotatable bonds is 5. The number of aromatic nitrogens is 1.